The number of piperazine rings is 1. The van der Waals surface area contributed by atoms with Crippen molar-refractivity contribution in [3.05, 3.63) is 36.5 Å². The van der Waals surface area contributed by atoms with Gasteiger partial charge in [-0.1, -0.05) is 18.2 Å². The molecule has 0 saturated carbocycles. The summed E-state index contributed by atoms with van der Waals surface area (Å²) in [5.41, 5.74) is 2.25. The number of rotatable bonds is 5. The number of aromatic nitrogens is 1. The molecule has 0 amide bonds. The summed E-state index contributed by atoms with van der Waals surface area (Å²) in [7, 11) is 0. The minimum absolute atomic E-state index is 1.01. The van der Waals surface area contributed by atoms with Crippen LogP contribution in [0.4, 0.5) is 5.69 Å². The standard InChI is InChI=1S/C16H22N4/c1-2-5-15-14(4-1)16(6-8-19-15)18-7-3-11-20-12-9-17-10-13-20/h1-2,4-6,8,17H,3,7,9-13H2,(H,18,19). The van der Waals surface area contributed by atoms with Gasteiger partial charge in [-0.2, -0.15) is 0 Å². The lowest BCUT2D eigenvalue weighted by molar-refractivity contribution is 0.240. The fourth-order valence-electron chi connectivity index (χ4n) is 2.71. The van der Waals surface area contributed by atoms with Crippen LogP contribution in [-0.4, -0.2) is 49.2 Å². The number of para-hydroxylation sites is 1. The van der Waals surface area contributed by atoms with E-state index in [0.29, 0.717) is 0 Å². The van der Waals surface area contributed by atoms with Gasteiger partial charge in [0.05, 0.1) is 5.52 Å². The molecule has 2 N–H and O–H groups in total. The Labute approximate surface area is 120 Å². The van der Waals surface area contributed by atoms with E-state index >= 15 is 0 Å². The highest BCUT2D eigenvalue weighted by Gasteiger charge is 2.08. The highest BCUT2D eigenvalue weighted by atomic mass is 15.2. The molecule has 4 nitrogen and oxygen atoms in total. The molecule has 3 rings (SSSR count). The van der Waals surface area contributed by atoms with Crippen molar-refractivity contribution in [1.82, 2.24) is 15.2 Å². The van der Waals surface area contributed by atoms with Gasteiger partial charge in [0, 0.05) is 50.0 Å². The molecular formula is C16H22N4. The Morgan fingerprint density at radius 3 is 2.90 bits per heavy atom. The molecular weight excluding hydrogens is 248 g/mol. The summed E-state index contributed by atoms with van der Waals surface area (Å²) >= 11 is 0. The Bertz CT molecular complexity index is 544. The maximum Gasteiger partial charge on any atom is 0.0722 e. The number of nitrogens with one attached hydrogen (secondary N) is 2. The highest BCUT2D eigenvalue weighted by Crippen LogP contribution is 2.20. The van der Waals surface area contributed by atoms with Crippen LogP contribution in [0.3, 0.4) is 0 Å². The van der Waals surface area contributed by atoms with Crippen molar-refractivity contribution in [2.24, 2.45) is 0 Å². The van der Waals surface area contributed by atoms with Gasteiger partial charge in [0.2, 0.25) is 0 Å². The van der Waals surface area contributed by atoms with E-state index in [9.17, 15) is 0 Å². The first-order chi connectivity index (χ1) is 9.93. The lowest BCUT2D eigenvalue weighted by Gasteiger charge is -2.27. The molecule has 106 valence electrons. The van der Waals surface area contributed by atoms with Crippen LogP contribution in [0.5, 0.6) is 0 Å². The first-order valence-corrected chi connectivity index (χ1v) is 7.44. The largest absolute Gasteiger partial charge is 0.384 e. The lowest BCUT2D eigenvalue weighted by atomic mass is 10.2. The maximum atomic E-state index is 4.39. The summed E-state index contributed by atoms with van der Waals surface area (Å²) in [5.74, 6) is 0. The first-order valence-electron chi connectivity index (χ1n) is 7.44. The molecule has 1 saturated heterocycles. The Morgan fingerprint density at radius 2 is 2.00 bits per heavy atom. The zero-order valence-electron chi connectivity index (χ0n) is 11.8. The van der Waals surface area contributed by atoms with Gasteiger partial charge < -0.3 is 15.5 Å². The molecule has 0 unspecified atom stereocenters. The molecule has 2 aromatic rings. The van der Waals surface area contributed by atoms with Gasteiger partial charge in [0.15, 0.2) is 0 Å². The van der Waals surface area contributed by atoms with E-state index in [4.69, 9.17) is 0 Å². The summed E-state index contributed by atoms with van der Waals surface area (Å²) in [4.78, 5) is 6.92. The third kappa shape index (κ3) is 3.26. The summed E-state index contributed by atoms with van der Waals surface area (Å²) in [5, 5.41) is 8.14. The quantitative estimate of drug-likeness (QED) is 0.815. The number of hydrogen-bond acceptors (Lipinski definition) is 4. The molecule has 2 heterocycles. The number of nitrogens with zero attached hydrogens (tertiary/aromatic N) is 2. The Morgan fingerprint density at radius 1 is 1.15 bits per heavy atom. The van der Waals surface area contributed by atoms with Gasteiger partial charge in [0.1, 0.15) is 0 Å². The van der Waals surface area contributed by atoms with Crippen LogP contribution in [0.2, 0.25) is 0 Å². The molecule has 0 aliphatic carbocycles. The number of anilines is 1. The maximum absolute atomic E-state index is 4.39. The molecule has 0 bridgehead atoms. The minimum atomic E-state index is 1.01. The van der Waals surface area contributed by atoms with Crippen LogP contribution in [0.15, 0.2) is 36.5 Å². The van der Waals surface area contributed by atoms with Gasteiger partial charge in [0.25, 0.3) is 0 Å². The smallest absolute Gasteiger partial charge is 0.0722 e. The lowest BCUT2D eigenvalue weighted by Crippen LogP contribution is -2.44. The number of pyridine rings is 1. The van der Waals surface area contributed by atoms with E-state index in [-0.39, 0.29) is 0 Å². The van der Waals surface area contributed by atoms with Crippen molar-refractivity contribution in [1.29, 1.82) is 0 Å². The average Bonchev–Trinajstić information content (AvgIpc) is 2.53. The molecule has 0 radical (unpaired) electrons. The van der Waals surface area contributed by atoms with Crippen molar-refractivity contribution >= 4 is 16.6 Å². The third-order valence-electron chi connectivity index (χ3n) is 3.83. The number of benzene rings is 1. The molecule has 1 fully saturated rings. The van der Waals surface area contributed by atoms with Crippen LogP contribution >= 0.6 is 0 Å². The summed E-state index contributed by atoms with van der Waals surface area (Å²) in [6.07, 6.45) is 3.05. The zero-order valence-corrected chi connectivity index (χ0v) is 11.8. The molecule has 0 atom stereocenters. The van der Waals surface area contributed by atoms with Crippen LogP contribution in [0, 0.1) is 0 Å². The molecule has 1 aromatic carbocycles. The summed E-state index contributed by atoms with van der Waals surface area (Å²) in [6.45, 7) is 6.80. The minimum Gasteiger partial charge on any atom is -0.384 e. The van der Waals surface area contributed by atoms with Crippen molar-refractivity contribution in [3.8, 4) is 0 Å². The SMILES string of the molecule is c1ccc2c(NCCCN3CCNCC3)ccnc2c1. The molecule has 1 aliphatic heterocycles. The van der Waals surface area contributed by atoms with Gasteiger partial charge >= 0.3 is 0 Å². The number of fused-ring (bicyclic) bond motifs is 1. The van der Waals surface area contributed by atoms with E-state index in [2.05, 4.69) is 44.8 Å². The van der Waals surface area contributed by atoms with E-state index in [1.54, 1.807) is 0 Å². The van der Waals surface area contributed by atoms with Gasteiger partial charge in [-0.15, -0.1) is 0 Å². The number of hydrogen-bond donors (Lipinski definition) is 2. The fourth-order valence-corrected chi connectivity index (χ4v) is 2.71. The van der Waals surface area contributed by atoms with Crippen LogP contribution in [-0.2, 0) is 0 Å². The second kappa shape index (κ2) is 6.68. The fraction of sp³-hybridized carbons (Fsp3) is 0.438. The Kier molecular flexibility index (Phi) is 4.46. The molecule has 4 heteroatoms. The Hall–Kier alpha value is -1.65. The molecule has 1 aromatic heterocycles. The van der Waals surface area contributed by atoms with E-state index in [1.165, 1.54) is 37.1 Å². The second-order valence-corrected chi connectivity index (χ2v) is 5.25. The van der Waals surface area contributed by atoms with E-state index in [1.807, 2.05) is 12.3 Å². The van der Waals surface area contributed by atoms with Crippen molar-refractivity contribution in [2.45, 2.75) is 6.42 Å². The van der Waals surface area contributed by atoms with Crippen LogP contribution in [0.25, 0.3) is 10.9 Å². The highest BCUT2D eigenvalue weighted by molar-refractivity contribution is 5.90. The summed E-state index contributed by atoms with van der Waals surface area (Å²) in [6, 6.07) is 10.3. The van der Waals surface area contributed by atoms with Crippen LogP contribution in [0.1, 0.15) is 6.42 Å². The van der Waals surface area contributed by atoms with Crippen molar-refractivity contribution in [3.63, 3.8) is 0 Å². The Balaban J connectivity index is 1.52. The van der Waals surface area contributed by atoms with Gasteiger partial charge in [-0.3, -0.25) is 4.98 Å². The van der Waals surface area contributed by atoms with E-state index in [0.717, 1.165) is 25.2 Å². The molecule has 1 aliphatic rings. The topological polar surface area (TPSA) is 40.2 Å². The molecule has 20 heavy (non-hydrogen) atoms. The third-order valence-corrected chi connectivity index (χ3v) is 3.83. The second-order valence-electron chi connectivity index (χ2n) is 5.25. The van der Waals surface area contributed by atoms with Gasteiger partial charge in [-0.25, -0.2) is 0 Å². The predicted molar refractivity (Wildman–Crippen MR) is 84.2 cm³/mol. The molecule has 0 spiro atoms. The van der Waals surface area contributed by atoms with Crippen molar-refractivity contribution in [2.75, 3.05) is 44.6 Å². The zero-order chi connectivity index (χ0) is 13.6. The monoisotopic (exact) mass is 270 g/mol. The van der Waals surface area contributed by atoms with Crippen LogP contribution < -0.4 is 10.6 Å². The first kappa shape index (κ1) is 13.3. The summed E-state index contributed by atoms with van der Waals surface area (Å²) < 4.78 is 0. The van der Waals surface area contributed by atoms with E-state index < -0.39 is 0 Å². The van der Waals surface area contributed by atoms with Gasteiger partial charge in [-0.05, 0) is 25.1 Å². The van der Waals surface area contributed by atoms with Crippen molar-refractivity contribution < 1.29 is 0 Å². The average molecular weight is 270 g/mol. The predicted octanol–water partition coefficient (Wildman–Crippen LogP) is 1.94. The normalized spacial score (nSPS) is 16.4.